The lowest BCUT2D eigenvalue weighted by Crippen LogP contribution is -2.19. The quantitative estimate of drug-likeness (QED) is 0.509. The lowest BCUT2D eigenvalue weighted by Gasteiger charge is -2.08. The van der Waals surface area contributed by atoms with Gasteiger partial charge in [-0.25, -0.2) is 14.2 Å². The number of benzene rings is 2. The van der Waals surface area contributed by atoms with Crippen molar-refractivity contribution in [3.05, 3.63) is 101 Å². The van der Waals surface area contributed by atoms with Crippen LogP contribution < -0.4 is 5.32 Å². The number of carbonyl (C=O) groups excluding carboxylic acids is 1. The minimum Gasteiger partial charge on any atom is -0.447 e. The molecule has 4 nitrogen and oxygen atoms in total. The number of cyclic esters (lactones) is 1. The summed E-state index contributed by atoms with van der Waals surface area (Å²) in [7, 11) is 0. The lowest BCUT2D eigenvalue weighted by molar-refractivity contribution is 0.176. The second-order valence-electron chi connectivity index (χ2n) is 5.81. The van der Waals surface area contributed by atoms with E-state index in [-0.39, 0.29) is 18.0 Å². The maximum Gasteiger partial charge on any atom is 0.407 e. The molecule has 1 aliphatic rings. The second kappa shape index (κ2) is 9.28. The number of halogens is 2. The van der Waals surface area contributed by atoms with Crippen LogP contribution in [0.2, 0.25) is 0 Å². The summed E-state index contributed by atoms with van der Waals surface area (Å²) in [5.41, 5.74) is 1.72. The molecule has 28 heavy (non-hydrogen) atoms. The van der Waals surface area contributed by atoms with E-state index in [9.17, 15) is 13.6 Å². The molecular weight excluding hydrogens is 362 g/mol. The highest BCUT2D eigenvalue weighted by molar-refractivity contribution is 5.70. The van der Waals surface area contributed by atoms with Gasteiger partial charge in [-0.15, -0.1) is 0 Å². The number of nitrogens with zero attached hydrogens (tertiary/aromatic N) is 1. The highest BCUT2D eigenvalue weighted by Crippen LogP contribution is 2.20. The van der Waals surface area contributed by atoms with Gasteiger partial charge in [-0.05, 0) is 30.3 Å². The Morgan fingerprint density at radius 1 is 0.964 bits per heavy atom. The predicted octanol–water partition coefficient (Wildman–Crippen LogP) is 4.23. The first-order valence-electron chi connectivity index (χ1n) is 8.48. The van der Waals surface area contributed by atoms with E-state index in [0.717, 1.165) is 5.56 Å². The van der Waals surface area contributed by atoms with Gasteiger partial charge in [0.25, 0.3) is 0 Å². The number of nitrogens with one attached hydrogen (secondary N) is 1. The van der Waals surface area contributed by atoms with Crippen molar-refractivity contribution in [2.45, 2.75) is 6.04 Å². The molecule has 2 heterocycles. The van der Waals surface area contributed by atoms with E-state index in [1.54, 1.807) is 24.3 Å². The Kier molecular flexibility index (Phi) is 6.32. The minimum absolute atomic E-state index is 0.0903. The maximum atomic E-state index is 13.7. The SMILES string of the molecule is Fc1ccccc1.O=C1N[C@H](c2cc(C#Cc3ccccc3)cnc2F)CO1. The molecule has 0 unspecified atom stereocenters. The topological polar surface area (TPSA) is 51.2 Å². The standard InChI is InChI=1S/C16H11FN2O2.C6H5F/c17-15-13(14-10-21-16(20)19-14)8-12(9-18-15)7-6-11-4-2-1-3-5-11;7-6-4-2-1-3-5-6/h1-5,8-9,14H,10H2,(H,19,20);1-5H/t14-;/m0./s1. The third-order valence-electron chi connectivity index (χ3n) is 3.77. The fraction of sp³-hybridized carbons (Fsp3) is 0.0909. The van der Waals surface area contributed by atoms with Crippen LogP contribution in [0.25, 0.3) is 0 Å². The Labute approximate surface area is 161 Å². The molecular formula is C22H16F2N2O2. The highest BCUT2D eigenvalue weighted by Gasteiger charge is 2.26. The number of carbonyl (C=O) groups is 1. The van der Waals surface area contributed by atoms with Crippen LogP contribution in [0.4, 0.5) is 13.6 Å². The third kappa shape index (κ3) is 5.39. The molecule has 1 aromatic heterocycles. The Hall–Kier alpha value is -3.72. The molecule has 1 N–H and O–H groups in total. The first kappa shape index (κ1) is 19.1. The Bertz CT molecular complexity index is 999. The fourth-order valence-electron chi connectivity index (χ4n) is 2.41. The number of ether oxygens (including phenoxy) is 1. The zero-order valence-corrected chi connectivity index (χ0v) is 14.7. The van der Waals surface area contributed by atoms with Crippen molar-refractivity contribution in [1.82, 2.24) is 10.3 Å². The van der Waals surface area contributed by atoms with Gasteiger partial charge in [-0.1, -0.05) is 48.2 Å². The van der Waals surface area contributed by atoms with Crippen molar-refractivity contribution in [1.29, 1.82) is 0 Å². The van der Waals surface area contributed by atoms with Crippen LogP contribution >= 0.6 is 0 Å². The van der Waals surface area contributed by atoms with Crippen molar-refractivity contribution in [2.24, 2.45) is 0 Å². The third-order valence-corrected chi connectivity index (χ3v) is 3.77. The number of hydrogen-bond donors (Lipinski definition) is 1. The number of pyridine rings is 1. The van der Waals surface area contributed by atoms with E-state index < -0.39 is 18.1 Å². The Morgan fingerprint density at radius 2 is 1.61 bits per heavy atom. The molecule has 2 aromatic carbocycles. The molecule has 0 aliphatic carbocycles. The van der Waals surface area contributed by atoms with Gasteiger partial charge in [0.15, 0.2) is 0 Å². The number of amides is 1. The van der Waals surface area contributed by atoms with Crippen molar-refractivity contribution < 1.29 is 18.3 Å². The molecule has 1 aliphatic heterocycles. The zero-order valence-electron chi connectivity index (χ0n) is 14.7. The second-order valence-corrected chi connectivity index (χ2v) is 5.81. The van der Waals surface area contributed by atoms with Crippen molar-refractivity contribution in [3.8, 4) is 11.8 Å². The summed E-state index contributed by atoms with van der Waals surface area (Å²) in [6, 6.07) is 18.5. The molecule has 1 saturated heterocycles. The molecule has 0 radical (unpaired) electrons. The molecule has 1 amide bonds. The summed E-state index contributed by atoms with van der Waals surface area (Å²) in [5, 5.41) is 2.52. The van der Waals surface area contributed by atoms with Gasteiger partial charge < -0.3 is 10.1 Å². The van der Waals surface area contributed by atoms with Gasteiger partial charge in [-0.2, -0.15) is 4.39 Å². The van der Waals surface area contributed by atoms with Crippen LogP contribution in [0, 0.1) is 23.6 Å². The normalized spacial score (nSPS) is 14.6. The van der Waals surface area contributed by atoms with E-state index in [1.165, 1.54) is 18.3 Å². The smallest absolute Gasteiger partial charge is 0.407 e. The Balaban J connectivity index is 0.000000271. The van der Waals surface area contributed by atoms with E-state index in [4.69, 9.17) is 4.74 Å². The summed E-state index contributed by atoms with van der Waals surface area (Å²) >= 11 is 0. The molecule has 3 aromatic rings. The van der Waals surface area contributed by atoms with Gasteiger partial charge in [0.05, 0.1) is 6.04 Å². The van der Waals surface area contributed by atoms with Gasteiger partial charge in [0, 0.05) is 22.9 Å². The van der Waals surface area contributed by atoms with Crippen molar-refractivity contribution in [2.75, 3.05) is 6.61 Å². The van der Waals surface area contributed by atoms with Gasteiger partial charge in [0.1, 0.15) is 12.4 Å². The van der Waals surface area contributed by atoms with Crippen LogP contribution in [0.1, 0.15) is 22.7 Å². The van der Waals surface area contributed by atoms with Crippen LogP contribution in [-0.2, 0) is 4.74 Å². The van der Waals surface area contributed by atoms with Crippen LogP contribution in [-0.4, -0.2) is 17.7 Å². The lowest BCUT2D eigenvalue weighted by atomic mass is 10.1. The molecule has 1 atom stereocenters. The van der Waals surface area contributed by atoms with Crippen LogP contribution in [0.5, 0.6) is 0 Å². The number of hydrogen-bond acceptors (Lipinski definition) is 3. The monoisotopic (exact) mass is 378 g/mol. The molecule has 4 rings (SSSR count). The van der Waals surface area contributed by atoms with Gasteiger partial charge in [0.2, 0.25) is 5.95 Å². The maximum absolute atomic E-state index is 13.7. The van der Waals surface area contributed by atoms with E-state index in [0.29, 0.717) is 5.56 Å². The largest absolute Gasteiger partial charge is 0.447 e. The summed E-state index contributed by atoms with van der Waals surface area (Å²) < 4.78 is 30.4. The molecule has 0 spiro atoms. The molecule has 1 fully saturated rings. The predicted molar refractivity (Wildman–Crippen MR) is 100 cm³/mol. The fourth-order valence-corrected chi connectivity index (χ4v) is 2.41. The number of alkyl carbamates (subject to hydrolysis) is 1. The van der Waals surface area contributed by atoms with Crippen molar-refractivity contribution >= 4 is 6.09 Å². The minimum atomic E-state index is -0.629. The number of aromatic nitrogens is 1. The molecule has 0 saturated carbocycles. The van der Waals surface area contributed by atoms with Crippen LogP contribution in [0.3, 0.4) is 0 Å². The van der Waals surface area contributed by atoms with E-state index in [2.05, 4.69) is 22.1 Å². The van der Waals surface area contributed by atoms with E-state index in [1.807, 2.05) is 30.3 Å². The zero-order chi connectivity index (χ0) is 19.8. The van der Waals surface area contributed by atoms with Crippen LogP contribution in [0.15, 0.2) is 72.9 Å². The molecule has 0 bridgehead atoms. The summed E-state index contributed by atoms with van der Waals surface area (Å²) in [4.78, 5) is 14.7. The molecule has 140 valence electrons. The van der Waals surface area contributed by atoms with E-state index >= 15 is 0 Å². The molecule has 6 heteroatoms. The summed E-state index contributed by atoms with van der Waals surface area (Å²) in [6.45, 7) is 0.0903. The summed E-state index contributed by atoms with van der Waals surface area (Å²) in [5.74, 6) is 5.10. The highest BCUT2D eigenvalue weighted by atomic mass is 19.1. The summed E-state index contributed by atoms with van der Waals surface area (Å²) in [6.07, 6.45) is 0.812. The van der Waals surface area contributed by atoms with Gasteiger partial charge in [-0.3, -0.25) is 0 Å². The van der Waals surface area contributed by atoms with Gasteiger partial charge >= 0.3 is 6.09 Å². The first-order valence-corrected chi connectivity index (χ1v) is 8.48. The van der Waals surface area contributed by atoms with Crippen molar-refractivity contribution in [3.63, 3.8) is 0 Å². The number of rotatable bonds is 1. The Morgan fingerprint density at radius 3 is 2.18 bits per heavy atom. The average Bonchev–Trinajstić information content (AvgIpc) is 3.15. The first-order chi connectivity index (χ1) is 13.6. The average molecular weight is 378 g/mol.